The molecule has 1 heterocycles. The molecular weight excluding hydrogens is 310 g/mol. The average molecular weight is 325 g/mol. The number of aliphatic hydroxyl groups is 1. The number of aromatic carboxylic acids is 1. The number of hydrogen-bond acceptors (Lipinski definition) is 6. The highest BCUT2D eigenvalue weighted by Gasteiger charge is 2.18. The van der Waals surface area contributed by atoms with E-state index >= 15 is 0 Å². The van der Waals surface area contributed by atoms with Crippen LogP contribution in [0.5, 0.6) is 0 Å². The van der Waals surface area contributed by atoms with E-state index in [1.54, 1.807) is 11.8 Å². The summed E-state index contributed by atoms with van der Waals surface area (Å²) in [4.78, 5) is 10.7. The van der Waals surface area contributed by atoms with Gasteiger partial charge in [0.1, 0.15) is 9.09 Å². The zero-order chi connectivity index (χ0) is 14.3. The van der Waals surface area contributed by atoms with E-state index in [2.05, 4.69) is 4.72 Å². The van der Waals surface area contributed by atoms with Crippen molar-refractivity contribution >= 4 is 39.1 Å². The number of carbonyl (C=O) groups is 1. The smallest absolute Gasteiger partial charge is 0.345 e. The predicted molar refractivity (Wildman–Crippen MR) is 75.5 cm³/mol. The summed E-state index contributed by atoms with van der Waals surface area (Å²) in [7, 11) is -3.62. The number of hydrogen-bond donors (Lipinski definition) is 3. The number of thioether (sulfide) groups is 1. The predicted octanol–water partition coefficient (Wildman–Crippen LogP) is 0.840. The second-order valence-electron chi connectivity index (χ2n) is 3.51. The van der Waals surface area contributed by atoms with Crippen molar-refractivity contribution in [3.05, 3.63) is 17.0 Å². The fourth-order valence-corrected chi connectivity index (χ4v) is 4.30. The third-order valence-electron chi connectivity index (χ3n) is 2.04. The molecule has 0 aliphatic rings. The van der Waals surface area contributed by atoms with Crippen LogP contribution in [0.3, 0.4) is 0 Å². The van der Waals surface area contributed by atoms with E-state index in [9.17, 15) is 13.2 Å². The topological polar surface area (TPSA) is 104 Å². The molecule has 0 unspecified atom stereocenters. The summed E-state index contributed by atoms with van der Waals surface area (Å²) in [5.41, 5.74) is 0. The van der Waals surface area contributed by atoms with Gasteiger partial charge in [-0.15, -0.1) is 11.3 Å². The average Bonchev–Trinajstić information content (AvgIpc) is 2.84. The summed E-state index contributed by atoms with van der Waals surface area (Å²) >= 11 is 2.28. The van der Waals surface area contributed by atoms with E-state index < -0.39 is 16.0 Å². The second-order valence-corrected chi connectivity index (χ2v) is 7.81. The lowest BCUT2D eigenvalue weighted by Crippen LogP contribution is -2.25. The standard InChI is InChI=1S/C10H15NO5S3/c12-5-1-6-17-7-4-11-19(15,16)9-3-2-8(18-9)10(13)14/h2-3,11-12H,1,4-7H2,(H,13,14). The fraction of sp³-hybridized carbons (Fsp3) is 0.500. The summed E-state index contributed by atoms with van der Waals surface area (Å²) in [6.45, 7) is 0.407. The van der Waals surface area contributed by atoms with Crippen LogP contribution in [-0.4, -0.2) is 49.3 Å². The molecule has 0 aliphatic heterocycles. The number of carboxylic acid groups (broad SMARTS) is 1. The van der Waals surface area contributed by atoms with Crippen molar-refractivity contribution in [1.82, 2.24) is 4.72 Å². The Bertz CT molecular complexity index is 511. The Morgan fingerprint density at radius 1 is 1.37 bits per heavy atom. The molecule has 0 fully saturated rings. The Morgan fingerprint density at radius 2 is 2.11 bits per heavy atom. The molecule has 1 rings (SSSR count). The first kappa shape index (κ1) is 16.4. The number of nitrogens with one attached hydrogen (secondary N) is 1. The zero-order valence-corrected chi connectivity index (χ0v) is 12.5. The SMILES string of the molecule is O=C(O)c1ccc(S(=O)(=O)NCCSCCCO)s1. The maximum atomic E-state index is 11.8. The quantitative estimate of drug-likeness (QED) is 0.581. The Balaban J connectivity index is 2.44. The first-order chi connectivity index (χ1) is 8.97. The molecule has 0 aliphatic carbocycles. The van der Waals surface area contributed by atoms with Gasteiger partial charge in [-0.2, -0.15) is 11.8 Å². The minimum atomic E-state index is -3.62. The molecule has 0 radical (unpaired) electrons. The van der Waals surface area contributed by atoms with Crippen molar-refractivity contribution in [3.8, 4) is 0 Å². The molecule has 0 saturated carbocycles. The summed E-state index contributed by atoms with van der Waals surface area (Å²) < 4.78 is 26.0. The Hall–Kier alpha value is -0.610. The first-order valence-electron chi connectivity index (χ1n) is 5.49. The van der Waals surface area contributed by atoms with Gasteiger partial charge in [0.25, 0.3) is 0 Å². The minimum absolute atomic E-state index is 0.00213. The van der Waals surface area contributed by atoms with Gasteiger partial charge in [-0.25, -0.2) is 17.9 Å². The van der Waals surface area contributed by atoms with Gasteiger partial charge in [0.05, 0.1) is 0 Å². The summed E-state index contributed by atoms with van der Waals surface area (Å²) in [6.07, 6.45) is 0.685. The number of thiophene rings is 1. The van der Waals surface area contributed by atoms with Gasteiger partial charge in [0.2, 0.25) is 10.0 Å². The van der Waals surface area contributed by atoms with Crippen LogP contribution < -0.4 is 4.72 Å². The Kier molecular flexibility index (Phi) is 6.80. The molecule has 19 heavy (non-hydrogen) atoms. The van der Waals surface area contributed by atoms with Crippen molar-refractivity contribution in [2.24, 2.45) is 0 Å². The van der Waals surface area contributed by atoms with Gasteiger partial charge in [0.15, 0.2) is 0 Å². The summed E-state index contributed by atoms with van der Waals surface area (Å²) in [5, 5.41) is 17.3. The molecule has 6 nitrogen and oxygen atoms in total. The normalized spacial score (nSPS) is 11.6. The number of sulfonamides is 1. The molecule has 0 aromatic carbocycles. The van der Waals surface area contributed by atoms with Gasteiger partial charge < -0.3 is 10.2 Å². The highest BCUT2D eigenvalue weighted by atomic mass is 32.2. The van der Waals surface area contributed by atoms with Gasteiger partial charge in [-0.1, -0.05) is 0 Å². The van der Waals surface area contributed by atoms with E-state index in [4.69, 9.17) is 10.2 Å². The lowest BCUT2D eigenvalue weighted by atomic mass is 10.5. The van der Waals surface area contributed by atoms with Crippen LogP contribution in [0.25, 0.3) is 0 Å². The molecule has 0 amide bonds. The van der Waals surface area contributed by atoms with Crippen LogP contribution in [0.15, 0.2) is 16.3 Å². The van der Waals surface area contributed by atoms with E-state index in [1.165, 1.54) is 12.1 Å². The van der Waals surface area contributed by atoms with Crippen LogP contribution >= 0.6 is 23.1 Å². The van der Waals surface area contributed by atoms with Crippen molar-refractivity contribution in [1.29, 1.82) is 0 Å². The molecule has 1 aromatic rings. The third-order valence-corrected chi connectivity index (χ3v) is 6.14. The maximum Gasteiger partial charge on any atom is 0.345 e. The van der Waals surface area contributed by atoms with E-state index in [0.29, 0.717) is 12.2 Å². The van der Waals surface area contributed by atoms with Crippen molar-refractivity contribution in [2.45, 2.75) is 10.6 Å². The molecule has 0 saturated heterocycles. The molecule has 0 spiro atoms. The molecule has 1 aromatic heterocycles. The monoisotopic (exact) mass is 325 g/mol. The van der Waals surface area contributed by atoms with Gasteiger partial charge in [-0.3, -0.25) is 0 Å². The summed E-state index contributed by atoms with van der Waals surface area (Å²) in [5.74, 6) is 0.252. The molecule has 0 bridgehead atoms. The number of aliphatic hydroxyl groups excluding tert-OH is 1. The molecule has 3 N–H and O–H groups in total. The minimum Gasteiger partial charge on any atom is -0.477 e. The fourth-order valence-electron chi connectivity index (χ4n) is 1.17. The third kappa shape index (κ3) is 5.49. The molecular formula is C10H15NO5S3. The Morgan fingerprint density at radius 3 is 2.68 bits per heavy atom. The second kappa shape index (κ2) is 7.85. The first-order valence-corrected chi connectivity index (χ1v) is 8.94. The molecule has 0 atom stereocenters. The van der Waals surface area contributed by atoms with Crippen molar-refractivity contribution in [2.75, 3.05) is 24.7 Å². The highest BCUT2D eigenvalue weighted by molar-refractivity contribution is 7.99. The van der Waals surface area contributed by atoms with E-state index in [-0.39, 0.29) is 22.2 Å². The van der Waals surface area contributed by atoms with Crippen LogP contribution in [0.1, 0.15) is 16.1 Å². The Labute approximate surface area is 119 Å². The van der Waals surface area contributed by atoms with E-state index in [1.807, 2.05) is 0 Å². The van der Waals surface area contributed by atoms with Crippen LogP contribution in [0.2, 0.25) is 0 Å². The lowest BCUT2D eigenvalue weighted by molar-refractivity contribution is 0.0702. The van der Waals surface area contributed by atoms with Crippen LogP contribution in [0.4, 0.5) is 0 Å². The van der Waals surface area contributed by atoms with Crippen LogP contribution in [0, 0.1) is 0 Å². The van der Waals surface area contributed by atoms with Crippen LogP contribution in [-0.2, 0) is 10.0 Å². The highest BCUT2D eigenvalue weighted by Crippen LogP contribution is 2.21. The zero-order valence-electron chi connectivity index (χ0n) is 10.0. The van der Waals surface area contributed by atoms with E-state index in [0.717, 1.165) is 17.1 Å². The molecule has 9 heteroatoms. The number of carboxylic acids is 1. The lowest BCUT2D eigenvalue weighted by Gasteiger charge is -2.04. The summed E-state index contributed by atoms with van der Waals surface area (Å²) in [6, 6.07) is 2.56. The van der Waals surface area contributed by atoms with Gasteiger partial charge >= 0.3 is 5.97 Å². The van der Waals surface area contributed by atoms with Gasteiger partial charge in [-0.05, 0) is 24.3 Å². The maximum absolute atomic E-state index is 11.8. The largest absolute Gasteiger partial charge is 0.477 e. The van der Waals surface area contributed by atoms with Crippen molar-refractivity contribution < 1.29 is 23.4 Å². The van der Waals surface area contributed by atoms with Gasteiger partial charge in [0, 0.05) is 18.9 Å². The van der Waals surface area contributed by atoms with Crippen molar-refractivity contribution in [3.63, 3.8) is 0 Å². The number of rotatable bonds is 9. The molecule has 108 valence electrons.